The van der Waals surface area contributed by atoms with Crippen LogP contribution in [-0.4, -0.2) is 52.2 Å². The Balaban J connectivity index is 0.000000885. The molecule has 4 rings (SSSR count). The van der Waals surface area contributed by atoms with E-state index in [1.165, 1.54) is 49.0 Å². The van der Waals surface area contributed by atoms with Crippen LogP contribution in [0.1, 0.15) is 42.3 Å². The van der Waals surface area contributed by atoms with Gasteiger partial charge in [-0.15, -0.1) is 0 Å². The fourth-order valence-electron chi connectivity index (χ4n) is 3.38. The van der Waals surface area contributed by atoms with Crippen molar-refractivity contribution in [2.45, 2.75) is 26.2 Å². The van der Waals surface area contributed by atoms with E-state index >= 15 is 0 Å². The number of nitrogens with zero attached hydrogens (tertiary/aromatic N) is 5. The first-order chi connectivity index (χ1) is 18.2. The molecule has 1 aliphatic carbocycles. The zero-order valence-corrected chi connectivity index (χ0v) is 22.8. The highest BCUT2D eigenvalue weighted by Gasteiger charge is 2.21. The monoisotopic (exact) mass is 561 g/mol. The van der Waals surface area contributed by atoms with Crippen molar-refractivity contribution in [3.8, 4) is 22.7 Å². The van der Waals surface area contributed by atoms with Crippen molar-refractivity contribution in [2.75, 3.05) is 19.9 Å². The Morgan fingerprint density at radius 3 is 2.54 bits per heavy atom. The standard InChI is InChI=1S/C21H19F2N5O3S.C5H9N.H3N.H2/c1-11-4-5-28(18(29)6-11)17-8-12(14(9-26-17)20(30)27-21(24)32-3)13-7-15(19(22)23)25-10-16(13)31-2;1-6-4-5-2-3-5;;/h4-10,19H,1-3H3,(H2,24,27,30);5H,1-4H2;1H3;1H. The predicted molar refractivity (Wildman–Crippen MR) is 153 cm³/mol. The van der Waals surface area contributed by atoms with E-state index in [1.54, 1.807) is 19.2 Å². The molecule has 3 heterocycles. The number of methoxy groups -OCH3 is 1. The lowest BCUT2D eigenvalue weighted by Crippen LogP contribution is -2.18. The van der Waals surface area contributed by atoms with Gasteiger partial charge in [0, 0.05) is 37.6 Å². The van der Waals surface area contributed by atoms with Gasteiger partial charge in [0.25, 0.3) is 17.9 Å². The molecule has 0 unspecified atom stereocenters. The number of ether oxygens (including phenoxy) is 1. The number of carbonyl (C=O) groups is 1. The number of aryl methyl sites for hydroxylation is 1. The van der Waals surface area contributed by atoms with E-state index in [4.69, 9.17) is 10.5 Å². The molecule has 0 spiro atoms. The van der Waals surface area contributed by atoms with Crippen molar-refractivity contribution in [2.24, 2.45) is 21.6 Å². The smallest absolute Gasteiger partial charge is 0.281 e. The van der Waals surface area contributed by atoms with Crippen LogP contribution in [0, 0.1) is 12.8 Å². The molecule has 3 aromatic rings. The molecule has 0 bridgehead atoms. The Kier molecular flexibility index (Phi) is 11.4. The summed E-state index contributed by atoms with van der Waals surface area (Å²) in [5.41, 5.74) is 5.93. The Morgan fingerprint density at radius 2 is 2.00 bits per heavy atom. The van der Waals surface area contributed by atoms with Gasteiger partial charge in [-0.2, -0.15) is 4.99 Å². The molecule has 1 fully saturated rings. The number of amides is 1. The van der Waals surface area contributed by atoms with Gasteiger partial charge in [-0.1, -0.05) is 11.8 Å². The van der Waals surface area contributed by atoms with E-state index in [2.05, 4.69) is 26.7 Å². The number of aliphatic imine (C=N–C) groups is 2. The summed E-state index contributed by atoms with van der Waals surface area (Å²) in [5.74, 6) is 0.529. The molecule has 1 saturated carbocycles. The third-order valence-corrected chi connectivity index (χ3v) is 6.08. The molecule has 1 amide bonds. The SMILES string of the molecule is C=NCC1CC1.COc1cnc(C(F)F)cc1-c1cc(-n2ccc(C)cc2=O)ncc1C(=O)N=C(N)SC.N.[HH]. The quantitative estimate of drug-likeness (QED) is 0.305. The highest BCUT2D eigenvalue weighted by molar-refractivity contribution is 8.13. The molecule has 210 valence electrons. The highest BCUT2D eigenvalue weighted by atomic mass is 32.2. The second-order valence-electron chi connectivity index (χ2n) is 8.42. The molecule has 3 aromatic heterocycles. The molecule has 5 N–H and O–H groups in total. The Bertz CT molecular complexity index is 1420. The third-order valence-electron chi connectivity index (χ3n) is 5.57. The van der Waals surface area contributed by atoms with E-state index in [0.29, 0.717) is 0 Å². The average molecular weight is 562 g/mol. The number of hydrogen-bond donors (Lipinski definition) is 2. The molecule has 0 aromatic carbocycles. The third kappa shape index (κ3) is 8.26. The topological polar surface area (TPSA) is 160 Å². The zero-order chi connectivity index (χ0) is 27.8. The van der Waals surface area contributed by atoms with Crippen molar-refractivity contribution in [1.82, 2.24) is 20.7 Å². The largest absolute Gasteiger partial charge is 0.494 e. The van der Waals surface area contributed by atoms with Crippen LogP contribution in [-0.2, 0) is 0 Å². The number of rotatable bonds is 7. The second kappa shape index (κ2) is 14.3. The first-order valence-corrected chi connectivity index (χ1v) is 12.8. The molecule has 10 nitrogen and oxygen atoms in total. The van der Waals surface area contributed by atoms with Gasteiger partial charge in [0.05, 0.1) is 18.9 Å². The van der Waals surface area contributed by atoms with Gasteiger partial charge >= 0.3 is 0 Å². The summed E-state index contributed by atoms with van der Waals surface area (Å²) in [4.78, 5) is 40.7. The molecule has 0 atom stereocenters. The van der Waals surface area contributed by atoms with Gasteiger partial charge < -0.3 is 21.6 Å². The molecular formula is C26H33F2N7O3S. The van der Waals surface area contributed by atoms with Crippen LogP contribution >= 0.6 is 11.8 Å². The summed E-state index contributed by atoms with van der Waals surface area (Å²) < 4.78 is 33.2. The van der Waals surface area contributed by atoms with Crippen molar-refractivity contribution in [3.05, 3.63) is 70.0 Å². The number of nitrogens with two attached hydrogens (primary N) is 1. The first-order valence-electron chi connectivity index (χ1n) is 11.6. The normalized spacial score (nSPS) is 12.7. The van der Waals surface area contributed by atoms with Gasteiger partial charge in [0.15, 0.2) is 5.17 Å². The minimum absolute atomic E-state index is 0. The zero-order valence-electron chi connectivity index (χ0n) is 21.9. The van der Waals surface area contributed by atoms with E-state index in [0.717, 1.165) is 42.1 Å². The Hall–Kier alpha value is -3.97. The minimum Gasteiger partial charge on any atom is -0.494 e. The van der Waals surface area contributed by atoms with E-state index in [9.17, 15) is 18.4 Å². The number of thioether (sulfide) groups is 1. The van der Waals surface area contributed by atoms with Crippen molar-refractivity contribution in [1.29, 1.82) is 0 Å². The molecule has 0 radical (unpaired) electrons. The summed E-state index contributed by atoms with van der Waals surface area (Å²) in [6.45, 7) is 6.16. The van der Waals surface area contributed by atoms with Gasteiger partial charge in [-0.3, -0.25) is 19.1 Å². The molecular weight excluding hydrogens is 528 g/mol. The van der Waals surface area contributed by atoms with Crippen molar-refractivity contribution in [3.63, 3.8) is 0 Å². The fraction of sp³-hybridized carbons (Fsp3) is 0.308. The number of aromatic nitrogens is 3. The van der Waals surface area contributed by atoms with Crippen LogP contribution in [0.15, 0.2) is 57.6 Å². The summed E-state index contributed by atoms with van der Waals surface area (Å²) >= 11 is 1.07. The van der Waals surface area contributed by atoms with Crippen LogP contribution in [0.5, 0.6) is 5.75 Å². The summed E-state index contributed by atoms with van der Waals surface area (Å²) in [6.07, 6.45) is 5.48. The maximum Gasteiger partial charge on any atom is 0.281 e. The van der Waals surface area contributed by atoms with E-state index < -0.39 is 18.0 Å². The van der Waals surface area contributed by atoms with Crippen molar-refractivity contribution < 1.29 is 19.7 Å². The van der Waals surface area contributed by atoms with E-state index in [1.807, 2.05) is 0 Å². The molecule has 13 heteroatoms. The van der Waals surface area contributed by atoms with Crippen LogP contribution < -0.4 is 22.2 Å². The predicted octanol–water partition coefficient (Wildman–Crippen LogP) is 4.87. The lowest BCUT2D eigenvalue weighted by Gasteiger charge is -2.14. The molecule has 39 heavy (non-hydrogen) atoms. The van der Waals surface area contributed by atoms with Crippen LogP contribution in [0.3, 0.4) is 0 Å². The van der Waals surface area contributed by atoms with Gasteiger partial charge in [0.2, 0.25) is 0 Å². The van der Waals surface area contributed by atoms with Crippen LogP contribution in [0.25, 0.3) is 16.9 Å². The molecule has 0 saturated heterocycles. The highest BCUT2D eigenvalue weighted by Crippen LogP contribution is 2.35. The average Bonchev–Trinajstić information content (AvgIpc) is 3.72. The maximum atomic E-state index is 13.3. The van der Waals surface area contributed by atoms with Gasteiger partial charge in [-0.25, -0.2) is 13.8 Å². The van der Waals surface area contributed by atoms with Gasteiger partial charge in [-0.05, 0) is 62.4 Å². The maximum absolute atomic E-state index is 13.3. The number of alkyl halides is 2. The second-order valence-corrected chi connectivity index (χ2v) is 9.25. The first kappa shape index (κ1) is 31.2. The van der Waals surface area contributed by atoms with Crippen LogP contribution in [0.4, 0.5) is 8.78 Å². The van der Waals surface area contributed by atoms with E-state index in [-0.39, 0.29) is 46.6 Å². The number of pyridine rings is 3. The van der Waals surface area contributed by atoms with Crippen molar-refractivity contribution >= 4 is 29.6 Å². The summed E-state index contributed by atoms with van der Waals surface area (Å²) in [5, 5.41) is 0.0229. The molecule has 0 aliphatic heterocycles. The number of carbonyl (C=O) groups excluding carboxylic acids is 1. The lowest BCUT2D eigenvalue weighted by atomic mass is 10.00. The number of halogens is 2. The Labute approximate surface area is 230 Å². The van der Waals surface area contributed by atoms with Gasteiger partial charge in [0.1, 0.15) is 17.3 Å². The Morgan fingerprint density at radius 1 is 1.28 bits per heavy atom. The minimum atomic E-state index is -2.84. The lowest BCUT2D eigenvalue weighted by molar-refractivity contribution is 0.100. The van der Waals surface area contributed by atoms with Crippen LogP contribution in [0.2, 0.25) is 0 Å². The summed E-state index contributed by atoms with van der Waals surface area (Å²) in [7, 11) is 1.35. The molecule has 1 aliphatic rings. The number of hydrogen-bond acceptors (Lipinski definition) is 8. The summed E-state index contributed by atoms with van der Waals surface area (Å²) in [6, 6.07) is 5.69. The number of amidine groups is 1. The fourth-order valence-corrected chi connectivity index (χ4v) is 3.55.